The molecule has 5 aliphatic carbocycles. The number of hydrogen-bond acceptors (Lipinski definition) is 7. The first-order valence-corrected chi connectivity index (χ1v) is 17.5. The molecule has 2 saturated heterocycles. The summed E-state index contributed by atoms with van der Waals surface area (Å²) in [6.45, 7) is 9.05. The molecule has 8 unspecified atom stereocenters. The Morgan fingerprint density at radius 1 is 1.00 bits per heavy atom. The molecular formula is C31H46N2O4S2. The topological polar surface area (TPSA) is 66.9 Å². The number of amides is 2. The third kappa shape index (κ3) is 3.96. The number of rotatable bonds is 3. The molecule has 1 spiro atoms. The van der Waals surface area contributed by atoms with E-state index in [1.807, 2.05) is 23.5 Å². The summed E-state index contributed by atoms with van der Waals surface area (Å²) in [7, 11) is 1.52. The van der Waals surface area contributed by atoms with E-state index >= 15 is 0 Å². The van der Waals surface area contributed by atoms with Crippen molar-refractivity contribution in [2.24, 2.45) is 51.8 Å². The second-order valence-electron chi connectivity index (χ2n) is 13.9. The van der Waals surface area contributed by atoms with E-state index in [1.54, 1.807) is 5.01 Å². The number of esters is 1. The Labute approximate surface area is 242 Å². The van der Waals surface area contributed by atoms with Crippen molar-refractivity contribution in [2.75, 3.05) is 30.4 Å². The summed E-state index contributed by atoms with van der Waals surface area (Å²) in [4.78, 5) is 42.0. The number of imide groups is 1. The summed E-state index contributed by atoms with van der Waals surface area (Å²) in [5, 5.41) is 3.68. The van der Waals surface area contributed by atoms with Gasteiger partial charge in [-0.2, -0.15) is 5.01 Å². The molecule has 0 radical (unpaired) electrons. The summed E-state index contributed by atoms with van der Waals surface area (Å²) in [6, 6.07) is 0. The van der Waals surface area contributed by atoms with Gasteiger partial charge in [-0.1, -0.05) is 38.8 Å². The average Bonchev–Trinajstić information content (AvgIpc) is 3.26. The molecule has 7 aliphatic rings. The molecule has 2 amide bonds. The number of carbonyl (C=O) groups is 3. The smallest absolute Gasteiger partial charge is 0.311 e. The van der Waals surface area contributed by atoms with Crippen LogP contribution in [0.25, 0.3) is 0 Å². The van der Waals surface area contributed by atoms with Crippen molar-refractivity contribution < 1.29 is 19.1 Å². The Hall–Kier alpha value is -0.990. The van der Waals surface area contributed by atoms with Gasteiger partial charge in [-0.15, -0.1) is 23.5 Å². The second-order valence-corrected chi connectivity index (χ2v) is 16.1. The van der Waals surface area contributed by atoms with Crippen molar-refractivity contribution in [3.8, 4) is 0 Å². The maximum atomic E-state index is 14.5. The van der Waals surface area contributed by atoms with Crippen LogP contribution in [0, 0.1) is 51.8 Å². The Morgan fingerprint density at radius 3 is 2.33 bits per heavy atom. The van der Waals surface area contributed by atoms with E-state index in [0.29, 0.717) is 23.6 Å². The lowest BCUT2D eigenvalue weighted by Crippen LogP contribution is -2.65. The van der Waals surface area contributed by atoms with Crippen LogP contribution < -0.4 is 0 Å². The number of fused-ring (bicyclic) bond motifs is 1. The lowest BCUT2D eigenvalue weighted by atomic mass is 9.34. The van der Waals surface area contributed by atoms with Gasteiger partial charge in [0.2, 0.25) is 11.8 Å². The normalized spacial score (nSPS) is 44.6. The Bertz CT molecular complexity index is 1070. The Kier molecular flexibility index (Phi) is 7.27. The second kappa shape index (κ2) is 10.1. The zero-order valence-electron chi connectivity index (χ0n) is 24.4. The van der Waals surface area contributed by atoms with Gasteiger partial charge in [0.25, 0.3) is 0 Å². The van der Waals surface area contributed by atoms with Gasteiger partial charge in [0.15, 0.2) is 0 Å². The van der Waals surface area contributed by atoms with Crippen LogP contribution in [0.5, 0.6) is 0 Å². The molecule has 2 aliphatic heterocycles. The average molecular weight is 575 g/mol. The van der Waals surface area contributed by atoms with Gasteiger partial charge in [0, 0.05) is 5.41 Å². The number of methoxy groups -OCH3 is 1. The number of hydrogen-bond donors (Lipinski definition) is 0. The van der Waals surface area contributed by atoms with Crippen LogP contribution in [0.4, 0.5) is 0 Å². The van der Waals surface area contributed by atoms with Gasteiger partial charge in [-0.3, -0.25) is 14.4 Å². The molecule has 0 N–H and O–H groups in total. The highest BCUT2D eigenvalue weighted by atomic mass is 32.2. The van der Waals surface area contributed by atoms with Gasteiger partial charge < -0.3 is 4.74 Å². The first-order valence-electron chi connectivity index (χ1n) is 15.2. The highest BCUT2D eigenvalue weighted by Crippen LogP contribution is 2.74. The first kappa shape index (κ1) is 28.1. The van der Waals surface area contributed by atoms with Gasteiger partial charge in [-0.05, 0) is 92.5 Å². The third-order valence-electron chi connectivity index (χ3n) is 11.9. The molecule has 2 heterocycles. The molecular weight excluding hydrogens is 528 g/mol. The number of carbonyl (C=O) groups excluding carboxylic acids is 3. The van der Waals surface area contributed by atoms with Crippen molar-refractivity contribution in [3.05, 3.63) is 11.6 Å². The maximum Gasteiger partial charge on any atom is 0.311 e. The van der Waals surface area contributed by atoms with Crippen molar-refractivity contribution >= 4 is 41.3 Å². The van der Waals surface area contributed by atoms with E-state index in [1.165, 1.54) is 25.5 Å². The van der Waals surface area contributed by atoms with Crippen LogP contribution in [-0.2, 0) is 19.1 Å². The Balaban J connectivity index is 1.41. The first-order chi connectivity index (χ1) is 18.6. The van der Waals surface area contributed by atoms with Gasteiger partial charge >= 0.3 is 5.97 Å². The lowest BCUT2D eigenvalue weighted by molar-refractivity contribution is -0.196. The largest absolute Gasteiger partial charge is 0.469 e. The van der Waals surface area contributed by atoms with Crippen LogP contribution in [-0.4, -0.2) is 58.2 Å². The highest BCUT2D eigenvalue weighted by Gasteiger charge is 2.73. The lowest BCUT2D eigenvalue weighted by Gasteiger charge is -2.68. The van der Waals surface area contributed by atoms with Crippen molar-refractivity contribution in [3.63, 3.8) is 0 Å². The summed E-state index contributed by atoms with van der Waals surface area (Å²) in [6.07, 6.45) is 10.6. The van der Waals surface area contributed by atoms with Crippen molar-refractivity contribution in [2.45, 2.75) is 79.1 Å². The zero-order valence-corrected chi connectivity index (χ0v) is 26.0. The molecule has 216 valence electrons. The number of hydrazine groups is 1. The number of ether oxygens (including phenoxy) is 1. The van der Waals surface area contributed by atoms with Crippen LogP contribution in [0.2, 0.25) is 0 Å². The zero-order chi connectivity index (χ0) is 27.7. The van der Waals surface area contributed by atoms with Crippen LogP contribution >= 0.6 is 23.5 Å². The van der Waals surface area contributed by atoms with Gasteiger partial charge in [0.1, 0.15) is 0 Å². The summed E-state index contributed by atoms with van der Waals surface area (Å²) >= 11 is 3.69. The number of allylic oxidation sites excluding steroid dienone is 2. The molecule has 0 aromatic heterocycles. The van der Waals surface area contributed by atoms with E-state index in [9.17, 15) is 14.4 Å². The predicted molar refractivity (Wildman–Crippen MR) is 156 cm³/mol. The SMILES string of the molecule is COC(=O)C1(C)CCCC2(C)C1CCC13C=C(C(C)C)C(CC21)C1C(=O)N(N2CSCCCCSC2)C(=O)C13. The molecule has 0 aromatic carbocycles. The van der Waals surface area contributed by atoms with E-state index in [0.717, 1.165) is 50.0 Å². The summed E-state index contributed by atoms with van der Waals surface area (Å²) in [5.74, 6) is 4.08. The molecule has 8 atom stereocenters. The fourth-order valence-electron chi connectivity index (χ4n) is 10.3. The predicted octanol–water partition coefficient (Wildman–Crippen LogP) is 5.98. The van der Waals surface area contributed by atoms with Crippen molar-refractivity contribution in [1.29, 1.82) is 0 Å². The van der Waals surface area contributed by atoms with E-state index in [4.69, 9.17) is 4.74 Å². The molecule has 0 aromatic rings. The number of thioether (sulfide) groups is 2. The molecule has 6 nitrogen and oxygen atoms in total. The minimum Gasteiger partial charge on any atom is -0.469 e. The third-order valence-corrected chi connectivity index (χ3v) is 14.0. The monoisotopic (exact) mass is 574 g/mol. The Morgan fingerprint density at radius 2 is 1.69 bits per heavy atom. The van der Waals surface area contributed by atoms with Crippen LogP contribution in [0.3, 0.4) is 0 Å². The van der Waals surface area contributed by atoms with E-state index < -0.39 is 5.41 Å². The molecule has 2 bridgehead atoms. The van der Waals surface area contributed by atoms with Gasteiger partial charge in [0.05, 0.1) is 36.1 Å². The minimum absolute atomic E-state index is 0.0489. The van der Waals surface area contributed by atoms with Gasteiger partial charge in [-0.25, -0.2) is 5.01 Å². The van der Waals surface area contributed by atoms with E-state index in [-0.39, 0.29) is 52.3 Å². The van der Waals surface area contributed by atoms with Crippen LogP contribution in [0.15, 0.2) is 11.6 Å². The molecule has 8 heteroatoms. The maximum absolute atomic E-state index is 14.5. The van der Waals surface area contributed by atoms with E-state index in [2.05, 4.69) is 38.8 Å². The fraction of sp³-hybridized carbons (Fsp3) is 0.839. The fourth-order valence-corrected chi connectivity index (χ4v) is 12.4. The minimum atomic E-state index is -0.483. The standard InChI is InChI=1S/C31H46N2O4S2/c1-19(2)21-16-31-12-9-22-29(3,10-8-11-30(22,4)28(36)37-5)23(31)15-20(21)24-25(31)27(35)33(26(24)34)32-17-38-13-6-7-14-39-18-32/h16,19-20,22-25H,6-15,17-18H2,1-5H3. The molecule has 7 rings (SSSR count). The molecule has 3 saturated carbocycles. The summed E-state index contributed by atoms with van der Waals surface area (Å²) in [5.41, 5.74) is 0.559. The number of nitrogens with zero attached hydrogens (tertiary/aromatic N) is 2. The molecule has 39 heavy (non-hydrogen) atoms. The summed E-state index contributed by atoms with van der Waals surface area (Å²) < 4.78 is 5.38. The van der Waals surface area contributed by atoms with Crippen LogP contribution in [0.1, 0.15) is 79.1 Å². The van der Waals surface area contributed by atoms with Crippen molar-refractivity contribution in [1.82, 2.24) is 10.0 Å². The highest BCUT2D eigenvalue weighted by molar-refractivity contribution is 8.00. The quantitative estimate of drug-likeness (QED) is 0.233. The molecule has 5 fully saturated rings.